The Hall–Kier alpha value is -1.85. The lowest BCUT2D eigenvalue weighted by atomic mass is 10.2. The van der Waals surface area contributed by atoms with Crippen molar-refractivity contribution in [3.63, 3.8) is 0 Å². The summed E-state index contributed by atoms with van der Waals surface area (Å²) >= 11 is 0. The highest BCUT2D eigenvalue weighted by Crippen LogP contribution is 2.35. The van der Waals surface area contributed by atoms with E-state index in [0.717, 1.165) is 0 Å². The van der Waals surface area contributed by atoms with Crippen molar-refractivity contribution in [3.8, 4) is 0 Å². The number of carboxylic acids is 1. The fourth-order valence-corrected chi connectivity index (χ4v) is 1.55. The molecule has 1 fully saturated rings. The number of aromatic nitrogens is 2. The lowest BCUT2D eigenvalue weighted by Crippen LogP contribution is -2.43. The summed E-state index contributed by atoms with van der Waals surface area (Å²) in [6, 6.07) is 1.76. The van der Waals surface area contributed by atoms with Gasteiger partial charge in [-0.3, -0.25) is 9.48 Å². The quantitative estimate of drug-likeness (QED) is 0.811. The van der Waals surface area contributed by atoms with Crippen molar-refractivity contribution in [1.82, 2.24) is 15.1 Å². The predicted molar refractivity (Wildman–Crippen MR) is 59.7 cm³/mol. The molecule has 0 aromatic carbocycles. The van der Waals surface area contributed by atoms with E-state index in [0.29, 0.717) is 12.8 Å². The van der Waals surface area contributed by atoms with Crippen LogP contribution in [-0.2, 0) is 4.79 Å². The van der Waals surface area contributed by atoms with E-state index < -0.39 is 17.4 Å². The number of amides is 1. The van der Waals surface area contributed by atoms with E-state index in [2.05, 4.69) is 10.4 Å². The molecule has 1 saturated carbocycles. The number of carbonyl (C=O) groups is 2. The van der Waals surface area contributed by atoms with Gasteiger partial charge in [-0.2, -0.15) is 5.10 Å². The first-order chi connectivity index (χ1) is 7.94. The molecule has 2 rings (SSSR count). The number of aliphatic carboxylic acids is 1. The average Bonchev–Trinajstić information content (AvgIpc) is 2.87. The van der Waals surface area contributed by atoms with E-state index in [4.69, 9.17) is 5.11 Å². The Morgan fingerprint density at radius 2 is 2.18 bits per heavy atom. The summed E-state index contributed by atoms with van der Waals surface area (Å²) in [5.41, 5.74) is -0.801. The number of nitrogens with zero attached hydrogens (tertiary/aromatic N) is 2. The van der Waals surface area contributed by atoms with Crippen LogP contribution in [0.2, 0.25) is 0 Å². The van der Waals surface area contributed by atoms with Crippen LogP contribution in [0.3, 0.4) is 0 Å². The molecule has 0 saturated heterocycles. The Morgan fingerprint density at radius 1 is 1.53 bits per heavy atom. The molecule has 0 unspecified atom stereocenters. The molecule has 0 spiro atoms. The van der Waals surface area contributed by atoms with Gasteiger partial charge in [0.1, 0.15) is 11.2 Å². The van der Waals surface area contributed by atoms with Crippen LogP contribution >= 0.6 is 0 Å². The lowest BCUT2D eigenvalue weighted by Gasteiger charge is -2.10. The number of hydrogen-bond acceptors (Lipinski definition) is 3. The second-order valence-electron chi connectivity index (χ2n) is 4.62. The van der Waals surface area contributed by atoms with Gasteiger partial charge in [-0.05, 0) is 32.8 Å². The normalized spacial score (nSPS) is 16.9. The summed E-state index contributed by atoms with van der Waals surface area (Å²) in [5, 5.41) is 15.6. The third-order valence-electron chi connectivity index (χ3n) is 2.88. The smallest absolute Gasteiger partial charge is 0.329 e. The maximum Gasteiger partial charge on any atom is 0.329 e. The molecule has 1 aliphatic rings. The van der Waals surface area contributed by atoms with Crippen LogP contribution in [0.1, 0.15) is 43.2 Å². The zero-order chi connectivity index (χ0) is 12.6. The van der Waals surface area contributed by atoms with Gasteiger partial charge in [0.2, 0.25) is 0 Å². The molecule has 1 aromatic heterocycles. The third-order valence-corrected chi connectivity index (χ3v) is 2.88. The van der Waals surface area contributed by atoms with Gasteiger partial charge >= 0.3 is 5.97 Å². The van der Waals surface area contributed by atoms with Crippen LogP contribution in [0.15, 0.2) is 12.3 Å². The number of nitrogens with one attached hydrogen (secondary N) is 1. The first-order valence-electron chi connectivity index (χ1n) is 5.56. The van der Waals surface area contributed by atoms with Gasteiger partial charge in [-0.1, -0.05) is 0 Å². The average molecular weight is 237 g/mol. The molecule has 17 heavy (non-hydrogen) atoms. The largest absolute Gasteiger partial charge is 0.480 e. The maximum absolute atomic E-state index is 11.8. The van der Waals surface area contributed by atoms with E-state index in [1.165, 1.54) is 0 Å². The number of rotatable bonds is 4. The Labute approximate surface area is 98.6 Å². The molecular formula is C11H15N3O3. The van der Waals surface area contributed by atoms with Crippen LogP contribution < -0.4 is 5.32 Å². The van der Waals surface area contributed by atoms with Crippen LogP contribution in [0.4, 0.5) is 0 Å². The van der Waals surface area contributed by atoms with Crippen molar-refractivity contribution >= 4 is 11.9 Å². The first kappa shape index (κ1) is 11.6. The standard InChI is InChI=1S/C11H15N3O3/c1-7(2)14-6-3-8(13-14)9(15)12-11(4-5-11)10(16)17/h3,6-7H,4-5H2,1-2H3,(H,12,15)(H,16,17). The minimum Gasteiger partial charge on any atom is -0.480 e. The van der Waals surface area contributed by atoms with Crippen molar-refractivity contribution in [2.45, 2.75) is 38.3 Å². The van der Waals surface area contributed by atoms with Crippen LogP contribution in [0, 0.1) is 0 Å². The topological polar surface area (TPSA) is 84.2 Å². The van der Waals surface area contributed by atoms with E-state index in [1.54, 1.807) is 16.9 Å². The predicted octanol–water partition coefficient (Wildman–Crippen LogP) is 0.811. The molecule has 0 radical (unpaired) electrons. The third kappa shape index (κ3) is 2.15. The summed E-state index contributed by atoms with van der Waals surface area (Å²) in [6.45, 7) is 3.91. The molecular weight excluding hydrogens is 222 g/mol. The van der Waals surface area contributed by atoms with E-state index in [1.807, 2.05) is 13.8 Å². The summed E-state index contributed by atoms with van der Waals surface area (Å²) in [6.07, 6.45) is 2.68. The number of carboxylic acid groups (broad SMARTS) is 1. The summed E-state index contributed by atoms with van der Waals surface area (Å²) < 4.78 is 1.66. The Bertz CT molecular complexity index is 460. The molecule has 1 aromatic rings. The second-order valence-corrected chi connectivity index (χ2v) is 4.62. The molecule has 6 heteroatoms. The van der Waals surface area contributed by atoms with Crippen LogP contribution in [-0.4, -0.2) is 32.3 Å². The van der Waals surface area contributed by atoms with Gasteiger partial charge < -0.3 is 10.4 Å². The molecule has 0 aliphatic heterocycles. The monoisotopic (exact) mass is 237 g/mol. The zero-order valence-corrected chi connectivity index (χ0v) is 9.80. The molecule has 1 aliphatic carbocycles. The van der Waals surface area contributed by atoms with E-state index >= 15 is 0 Å². The highest BCUT2D eigenvalue weighted by atomic mass is 16.4. The van der Waals surface area contributed by atoms with Gasteiger partial charge in [0.15, 0.2) is 0 Å². The highest BCUT2D eigenvalue weighted by Gasteiger charge is 2.51. The molecule has 6 nitrogen and oxygen atoms in total. The number of carbonyl (C=O) groups excluding carboxylic acids is 1. The summed E-state index contributed by atoms with van der Waals surface area (Å²) in [4.78, 5) is 22.7. The fourth-order valence-electron chi connectivity index (χ4n) is 1.55. The minimum absolute atomic E-state index is 0.172. The van der Waals surface area contributed by atoms with Crippen LogP contribution in [0.25, 0.3) is 0 Å². The van der Waals surface area contributed by atoms with Crippen molar-refractivity contribution in [3.05, 3.63) is 18.0 Å². The Kier molecular flexibility index (Phi) is 2.65. The minimum atomic E-state index is -1.06. The molecule has 1 amide bonds. The van der Waals surface area contributed by atoms with Crippen molar-refractivity contribution in [2.75, 3.05) is 0 Å². The van der Waals surface area contributed by atoms with Crippen LogP contribution in [0.5, 0.6) is 0 Å². The fraction of sp³-hybridized carbons (Fsp3) is 0.545. The van der Waals surface area contributed by atoms with E-state index in [-0.39, 0.29) is 11.7 Å². The van der Waals surface area contributed by atoms with Gasteiger partial charge in [0.25, 0.3) is 5.91 Å². The molecule has 92 valence electrons. The molecule has 0 atom stereocenters. The van der Waals surface area contributed by atoms with Gasteiger partial charge in [-0.25, -0.2) is 4.79 Å². The summed E-state index contributed by atoms with van der Waals surface area (Å²) in [5.74, 6) is -1.40. The molecule has 2 N–H and O–H groups in total. The second kappa shape index (κ2) is 3.87. The molecule has 0 bridgehead atoms. The van der Waals surface area contributed by atoms with Gasteiger partial charge in [-0.15, -0.1) is 0 Å². The zero-order valence-electron chi connectivity index (χ0n) is 9.80. The number of hydrogen-bond donors (Lipinski definition) is 2. The lowest BCUT2D eigenvalue weighted by molar-refractivity contribution is -0.140. The van der Waals surface area contributed by atoms with Crippen molar-refractivity contribution in [2.24, 2.45) is 0 Å². The SMILES string of the molecule is CC(C)n1ccc(C(=O)NC2(C(=O)O)CC2)n1. The Morgan fingerprint density at radius 3 is 2.59 bits per heavy atom. The Balaban J connectivity index is 2.07. The molecule has 1 heterocycles. The van der Waals surface area contributed by atoms with Gasteiger partial charge in [0, 0.05) is 12.2 Å². The highest BCUT2D eigenvalue weighted by molar-refractivity contribution is 5.97. The van der Waals surface area contributed by atoms with Gasteiger partial charge in [0.05, 0.1) is 0 Å². The van der Waals surface area contributed by atoms with Crippen molar-refractivity contribution in [1.29, 1.82) is 0 Å². The summed E-state index contributed by atoms with van der Waals surface area (Å²) in [7, 11) is 0. The first-order valence-corrected chi connectivity index (χ1v) is 5.56. The van der Waals surface area contributed by atoms with Crippen molar-refractivity contribution < 1.29 is 14.7 Å². The maximum atomic E-state index is 11.8. The van der Waals surface area contributed by atoms with E-state index in [9.17, 15) is 9.59 Å².